The molecule has 0 saturated carbocycles. The van der Waals surface area contributed by atoms with Gasteiger partial charge in [0.25, 0.3) is 0 Å². The molecule has 0 fully saturated rings. The van der Waals surface area contributed by atoms with Gasteiger partial charge in [-0.05, 0) is 5.92 Å². The van der Waals surface area contributed by atoms with Gasteiger partial charge in [0.1, 0.15) is 0 Å². The van der Waals surface area contributed by atoms with E-state index < -0.39 is 0 Å². The van der Waals surface area contributed by atoms with Gasteiger partial charge in [-0.1, -0.05) is 20.8 Å². The van der Waals surface area contributed by atoms with Crippen LogP contribution in [0.5, 0.6) is 0 Å². The van der Waals surface area contributed by atoms with E-state index in [9.17, 15) is 0 Å². The van der Waals surface area contributed by atoms with E-state index in [1.54, 1.807) is 0 Å². The fraction of sp³-hybridized carbons (Fsp3) is 1.00. The first-order chi connectivity index (χ1) is 1.73. The van der Waals surface area contributed by atoms with Crippen molar-refractivity contribution in [2.24, 2.45) is 5.92 Å². The lowest BCUT2D eigenvalue weighted by Crippen LogP contribution is -1.66. The second kappa shape index (κ2) is 15.8. The van der Waals surface area contributed by atoms with Crippen molar-refractivity contribution < 1.29 is 0 Å². The first-order valence-corrected chi connectivity index (χ1v) is 1.73. The molecule has 0 aromatic heterocycles. The summed E-state index contributed by atoms with van der Waals surface area (Å²) in [7, 11) is 0. The molecule has 0 N–H and O–H groups in total. The minimum absolute atomic E-state index is 0. The van der Waals surface area contributed by atoms with Crippen LogP contribution in [0.3, 0.4) is 0 Å². The minimum Gasteiger partial charge on any atom is -0.147 e. The second-order valence-electron chi connectivity index (χ2n) is 1.73. The van der Waals surface area contributed by atoms with Crippen molar-refractivity contribution in [1.82, 2.24) is 0 Å². The Morgan fingerprint density at radius 2 is 0.714 bits per heavy atom. The van der Waals surface area contributed by atoms with E-state index in [1.807, 2.05) is 0 Å². The Kier molecular flexibility index (Phi) is 56.0. The van der Waals surface area contributed by atoms with Crippen LogP contribution in [0.1, 0.15) is 20.8 Å². The summed E-state index contributed by atoms with van der Waals surface area (Å²) in [4.78, 5) is 0. The maximum Gasteiger partial charge on any atom is -0.0500 e. The van der Waals surface area contributed by atoms with Crippen LogP contribution in [-0.2, 0) is 0 Å². The Morgan fingerprint density at radius 1 is 0.714 bits per heavy atom. The molecule has 0 bridgehead atoms. The van der Waals surface area contributed by atoms with E-state index in [4.69, 9.17) is 0 Å². The van der Waals surface area contributed by atoms with Crippen LogP contribution in [0, 0.1) is 5.92 Å². The van der Waals surface area contributed by atoms with Gasteiger partial charge in [-0.15, -0.1) is 37.2 Å². The third-order valence-corrected chi connectivity index (χ3v) is 0. The van der Waals surface area contributed by atoms with Gasteiger partial charge in [0.2, 0.25) is 0 Å². The van der Waals surface area contributed by atoms with Crippen LogP contribution in [0.4, 0.5) is 0 Å². The predicted molar refractivity (Wildman–Crippen MR) is 42.3 cm³/mol. The molecule has 0 amide bonds. The van der Waals surface area contributed by atoms with Gasteiger partial charge in [-0.25, -0.2) is 0 Å². The van der Waals surface area contributed by atoms with Crippen LogP contribution in [0.25, 0.3) is 0 Å². The van der Waals surface area contributed by atoms with E-state index in [2.05, 4.69) is 20.8 Å². The second-order valence-corrected chi connectivity index (χ2v) is 1.73. The molecule has 0 aromatic rings. The van der Waals surface area contributed by atoms with Crippen molar-refractivity contribution in [1.29, 1.82) is 0 Å². The predicted octanol–water partition coefficient (Wildman–Crippen LogP) is 2.93. The average molecular weight is 168 g/mol. The average Bonchev–Trinajstić information content (AvgIpc) is 0.811. The van der Waals surface area contributed by atoms with Crippen LogP contribution in [0.15, 0.2) is 0 Å². The summed E-state index contributed by atoms with van der Waals surface area (Å²) < 4.78 is 0. The van der Waals surface area contributed by atoms with Crippen LogP contribution in [0.2, 0.25) is 0 Å². The van der Waals surface area contributed by atoms with Crippen LogP contribution >= 0.6 is 37.2 Å². The van der Waals surface area contributed by atoms with Crippen molar-refractivity contribution in [2.75, 3.05) is 0 Å². The molecule has 0 aromatic carbocycles. The Labute approximate surface area is 64.3 Å². The molecule has 0 spiro atoms. The van der Waals surface area contributed by atoms with Crippen molar-refractivity contribution in [2.45, 2.75) is 20.8 Å². The lowest BCUT2D eigenvalue weighted by atomic mass is 10.3. The summed E-state index contributed by atoms with van der Waals surface area (Å²) in [5.41, 5.74) is 0. The molecular formula is C4H13Cl3. The molecule has 0 saturated heterocycles. The van der Waals surface area contributed by atoms with E-state index >= 15 is 0 Å². The molecule has 0 aliphatic rings. The van der Waals surface area contributed by atoms with Gasteiger partial charge < -0.3 is 0 Å². The molecule has 0 radical (unpaired) electrons. The fourth-order valence-corrected chi connectivity index (χ4v) is 0. The monoisotopic (exact) mass is 166 g/mol. The zero-order valence-electron chi connectivity index (χ0n) is 4.80. The van der Waals surface area contributed by atoms with E-state index in [-0.39, 0.29) is 37.2 Å². The molecule has 0 nitrogen and oxygen atoms in total. The molecule has 0 aliphatic heterocycles. The van der Waals surface area contributed by atoms with Crippen LogP contribution < -0.4 is 0 Å². The number of rotatable bonds is 0. The zero-order valence-corrected chi connectivity index (χ0v) is 7.25. The molecule has 0 rings (SSSR count). The molecule has 0 unspecified atom stereocenters. The molecule has 0 atom stereocenters. The lowest BCUT2D eigenvalue weighted by Gasteiger charge is -1.79. The Morgan fingerprint density at radius 3 is 0.714 bits per heavy atom. The first-order valence-electron chi connectivity index (χ1n) is 1.73. The topological polar surface area (TPSA) is 0 Å². The standard InChI is InChI=1S/C4H10.3ClH/c1-4(2)3;;;/h4H,1-3H3;3*1H. The highest BCUT2D eigenvalue weighted by Gasteiger charge is 1.68. The van der Waals surface area contributed by atoms with E-state index in [1.165, 1.54) is 0 Å². The van der Waals surface area contributed by atoms with Crippen molar-refractivity contribution in [3.8, 4) is 0 Å². The highest BCUT2D eigenvalue weighted by atomic mass is 35.5. The Balaban J connectivity index is -0.0000000150. The maximum atomic E-state index is 2.17. The summed E-state index contributed by atoms with van der Waals surface area (Å²) in [6.07, 6.45) is 0. The summed E-state index contributed by atoms with van der Waals surface area (Å²) in [5, 5.41) is 0. The minimum atomic E-state index is 0. The summed E-state index contributed by atoms with van der Waals surface area (Å²) >= 11 is 0. The van der Waals surface area contributed by atoms with Crippen molar-refractivity contribution in [3.05, 3.63) is 0 Å². The van der Waals surface area contributed by atoms with Crippen molar-refractivity contribution >= 4 is 37.2 Å². The van der Waals surface area contributed by atoms with E-state index in [0.29, 0.717) is 0 Å². The molecular weight excluding hydrogens is 154 g/mol. The summed E-state index contributed by atoms with van der Waals surface area (Å²) in [5.74, 6) is 0.833. The largest absolute Gasteiger partial charge is 0.147 e. The quantitative estimate of drug-likeness (QED) is 0.520. The molecule has 0 heterocycles. The summed E-state index contributed by atoms with van der Waals surface area (Å²) in [6, 6.07) is 0. The highest BCUT2D eigenvalue weighted by molar-refractivity contribution is 5.86. The normalized spacial score (nSPS) is 5.14. The third kappa shape index (κ3) is 215. The first kappa shape index (κ1) is 24.8. The fourth-order valence-electron chi connectivity index (χ4n) is 0. The van der Waals surface area contributed by atoms with Crippen LogP contribution in [-0.4, -0.2) is 0 Å². The number of hydrogen-bond donors (Lipinski definition) is 0. The van der Waals surface area contributed by atoms with E-state index in [0.717, 1.165) is 5.92 Å². The number of hydrogen-bond acceptors (Lipinski definition) is 0. The zero-order chi connectivity index (χ0) is 3.58. The molecule has 7 heavy (non-hydrogen) atoms. The summed E-state index contributed by atoms with van der Waals surface area (Å²) in [6.45, 7) is 6.50. The number of halogens is 3. The lowest BCUT2D eigenvalue weighted by molar-refractivity contribution is 0.737. The Bertz CT molecular complexity index is 11.7. The maximum absolute atomic E-state index is 2.17. The van der Waals surface area contributed by atoms with Crippen molar-refractivity contribution in [3.63, 3.8) is 0 Å². The molecule has 3 heteroatoms. The van der Waals surface area contributed by atoms with Gasteiger partial charge in [0.05, 0.1) is 0 Å². The van der Waals surface area contributed by atoms with Gasteiger partial charge in [0, 0.05) is 0 Å². The third-order valence-electron chi connectivity index (χ3n) is 0. The van der Waals surface area contributed by atoms with Gasteiger partial charge in [0.15, 0.2) is 0 Å². The Hall–Kier alpha value is 0.870. The SMILES string of the molecule is CC(C)C.Cl.Cl.Cl. The van der Waals surface area contributed by atoms with Gasteiger partial charge >= 0.3 is 0 Å². The smallest absolute Gasteiger partial charge is 0.0500 e. The van der Waals surface area contributed by atoms with Gasteiger partial charge in [-0.2, -0.15) is 0 Å². The van der Waals surface area contributed by atoms with Gasteiger partial charge in [-0.3, -0.25) is 0 Å². The highest BCUT2D eigenvalue weighted by Crippen LogP contribution is 1.81. The molecule has 0 aliphatic carbocycles. The molecule has 50 valence electrons.